The standard InChI is InChI=1S/C11H13NO2/c1-11(2,3)12-8-6-4-5-7-9(8)14-10(12)13/h4-7H,1-3H3. The van der Waals surface area contributed by atoms with Crippen molar-refractivity contribution in [3.05, 3.63) is 34.8 Å². The monoisotopic (exact) mass is 191 g/mol. The molecular formula is C11H13NO2. The molecule has 1 aromatic heterocycles. The van der Waals surface area contributed by atoms with Gasteiger partial charge in [-0.05, 0) is 32.9 Å². The molecule has 0 radical (unpaired) electrons. The molecule has 74 valence electrons. The van der Waals surface area contributed by atoms with Crippen LogP contribution < -0.4 is 5.76 Å². The predicted octanol–water partition coefficient (Wildman–Crippen LogP) is 2.35. The molecule has 0 aliphatic carbocycles. The van der Waals surface area contributed by atoms with E-state index in [9.17, 15) is 4.79 Å². The van der Waals surface area contributed by atoms with Crippen LogP contribution in [0.1, 0.15) is 20.8 Å². The van der Waals surface area contributed by atoms with Gasteiger partial charge < -0.3 is 4.42 Å². The van der Waals surface area contributed by atoms with E-state index in [-0.39, 0.29) is 11.3 Å². The number of oxazole rings is 1. The molecule has 2 rings (SSSR count). The molecule has 0 bridgehead atoms. The van der Waals surface area contributed by atoms with Crippen LogP contribution in [0.2, 0.25) is 0 Å². The molecule has 0 saturated carbocycles. The molecule has 0 fully saturated rings. The van der Waals surface area contributed by atoms with Gasteiger partial charge in [0.15, 0.2) is 5.58 Å². The molecule has 0 atom stereocenters. The number of rotatable bonds is 0. The zero-order valence-electron chi connectivity index (χ0n) is 8.57. The van der Waals surface area contributed by atoms with E-state index in [1.54, 1.807) is 10.6 Å². The lowest BCUT2D eigenvalue weighted by Crippen LogP contribution is -2.30. The van der Waals surface area contributed by atoms with Crippen molar-refractivity contribution in [1.82, 2.24) is 4.57 Å². The maximum atomic E-state index is 11.6. The lowest BCUT2D eigenvalue weighted by atomic mass is 10.1. The number of fused-ring (bicyclic) bond motifs is 1. The van der Waals surface area contributed by atoms with Crippen LogP contribution in [0.3, 0.4) is 0 Å². The van der Waals surface area contributed by atoms with Crippen LogP contribution in [-0.4, -0.2) is 4.57 Å². The van der Waals surface area contributed by atoms with Gasteiger partial charge >= 0.3 is 5.76 Å². The van der Waals surface area contributed by atoms with Gasteiger partial charge in [-0.25, -0.2) is 4.79 Å². The zero-order chi connectivity index (χ0) is 10.3. The molecular weight excluding hydrogens is 178 g/mol. The first-order chi connectivity index (χ1) is 6.50. The summed E-state index contributed by atoms with van der Waals surface area (Å²) >= 11 is 0. The Hall–Kier alpha value is -1.51. The van der Waals surface area contributed by atoms with Gasteiger partial charge in [-0.15, -0.1) is 0 Å². The van der Waals surface area contributed by atoms with Crippen molar-refractivity contribution in [2.24, 2.45) is 0 Å². The third kappa shape index (κ3) is 1.25. The van der Waals surface area contributed by atoms with Crippen molar-refractivity contribution >= 4 is 11.1 Å². The molecule has 0 saturated heterocycles. The SMILES string of the molecule is CC(C)(C)n1c(=O)oc2ccccc21. The van der Waals surface area contributed by atoms with Crippen LogP contribution in [0.4, 0.5) is 0 Å². The Balaban J connectivity index is 2.88. The maximum absolute atomic E-state index is 11.6. The van der Waals surface area contributed by atoms with Gasteiger partial charge in [-0.1, -0.05) is 12.1 Å². The number of hydrogen-bond acceptors (Lipinski definition) is 2. The minimum atomic E-state index is -0.293. The second kappa shape index (κ2) is 2.74. The number of para-hydroxylation sites is 2. The first-order valence-electron chi connectivity index (χ1n) is 4.61. The largest absolute Gasteiger partial charge is 0.420 e. The Kier molecular flexibility index (Phi) is 1.77. The molecule has 1 heterocycles. The van der Waals surface area contributed by atoms with Crippen LogP contribution in [0, 0.1) is 0 Å². The molecule has 0 amide bonds. The third-order valence-electron chi connectivity index (χ3n) is 2.16. The number of hydrogen-bond donors (Lipinski definition) is 0. The average molecular weight is 191 g/mol. The topological polar surface area (TPSA) is 35.1 Å². The van der Waals surface area contributed by atoms with Crippen molar-refractivity contribution in [3.8, 4) is 0 Å². The molecule has 0 spiro atoms. The second-order valence-electron chi connectivity index (χ2n) is 4.34. The number of nitrogens with zero attached hydrogens (tertiary/aromatic N) is 1. The highest BCUT2D eigenvalue weighted by Crippen LogP contribution is 2.19. The van der Waals surface area contributed by atoms with Gasteiger partial charge in [-0.2, -0.15) is 0 Å². The minimum absolute atomic E-state index is 0.246. The Morgan fingerprint density at radius 3 is 2.50 bits per heavy atom. The summed E-state index contributed by atoms with van der Waals surface area (Å²) in [6.07, 6.45) is 0. The molecule has 2 aromatic rings. The summed E-state index contributed by atoms with van der Waals surface area (Å²) in [6, 6.07) is 7.46. The molecule has 0 unspecified atom stereocenters. The van der Waals surface area contributed by atoms with Crippen LogP contribution >= 0.6 is 0 Å². The summed E-state index contributed by atoms with van der Waals surface area (Å²) in [7, 11) is 0. The van der Waals surface area contributed by atoms with Crippen LogP contribution in [0.5, 0.6) is 0 Å². The lowest BCUT2D eigenvalue weighted by Gasteiger charge is -2.19. The van der Waals surface area contributed by atoms with Gasteiger partial charge in [0.1, 0.15) is 0 Å². The highest BCUT2D eigenvalue weighted by molar-refractivity contribution is 5.72. The van der Waals surface area contributed by atoms with Gasteiger partial charge in [0, 0.05) is 5.54 Å². The predicted molar refractivity (Wildman–Crippen MR) is 55.5 cm³/mol. The van der Waals surface area contributed by atoms with Crippen molar-refractivity contribution < 1.29 is 4.42 Å². The van der Waals surface area contributed by atoms with E-state index in [1.165, 1.54) is 0 Å². The highest BCUT2D eigenvalue weighted by atomic mass is 16.4. The second-order valence-corrected chi connectivity index (χ2v) is 4.34. The first kappa shape index (κ1) is 9.06. The summed E-state index contributed by atoms with van der Waals surface area (Å²) in [5, 5.41) is 0. The summed E-state index contributed by atoms with van der Waals surface area (Å²) in [4.78, 5) is 11.6. The fourth-order valence-electron chi connectivity index (χ4n) is 1.60. The van der Waals surface area contributed by atoms with Crippen molar-refractivity contribution in [2.75, 3.05) is 0 Å². The van der Waals surface area contributed by atoms with Gasteiger partial charge in [-0.3, -0.25) is 4.57 Å². The summed E-state index contributed by atoms with van der Waals surface area (Å²) in [5.74, 6) is -0.293. The Bertz CT molecular complexity index is 514. The Morgan fingerprint density at radius 2 is 1.86 bits per heavy atom. The van der Waals surface area contributed by atoms with Crippen LogP contribution in [0.15, 0.2) is 33.5 Å². The normalized spacial score (nSPS) is 12.2. The summed E-state index contributed by atoms with van der Waals surface area (Å²) in [6.45, 7) is 5.95. The van der Waals surface area contributed by atoms with Crippen LogP contribution in [-0.2, 0) is 5.54 Å². The van der Waals surface area contributed by atoms with Gasteiger partial charge in [0.05, 0.1) is 5.52 Å². The molecule has 3 heteroatoms. The molecule has 3 nitrogen and oxygen atoms in total. The van der Waals surface area contributed by atoms with Gasteiger partial charge in [0.2, 0.25) is 0 Å². The average Bonchev–Trinajstić information content (AvgIpc) is 2.38. The summed E-state index contributed by atoms with van der Waals surface area (Å²) < 4.78 is 6.80. The van der Waals surface area contributed by atoms with E-state index in [0.717, 1.165) is 5.52 Å². The summed E-state index contributed by atoms with van der Waals surface area (Å²) in [5.41, 5.74) is 1.25. The zero-order valence-corrected chi connectivity index (χ0v) is 8.57. The molecule has 0 aliphatic heterocycles. The Morgan fingerprint density at radius 1 is 1.21 bits per heavy atom. The quantitative estimate of drug-likeness (QED) is 0.640. The van der Waals surface area contributed by atoms with E-state index < -0.39 is 0 Å². The number of aromatic nitrogens is 1. The Labute approximate surface area is 82.0 Å². The van der Waals surface area contributed by atoms with E-state index in [4.69, 9.17) is 4.42 Å². The van der Waals surface area contributed by atoms with E-state index in [0.29, 0.717) is 5.58 Å². The molecule has 1 aromatic carbocycles. The maximum Gasteiger partial charge on any atom is 0.420 e. The van der Waals surface area contributed by atoms with E-state index in [2.05, 4.69) is 0 Å². The fourth-order valence-corrected chi connectivity index (χ4v) is 1.60. The van der Waals surface area contributed by atoms with E-state index >= 15 is 0 Å². The first-order valence-corrected chi connectivity index (χ1v) is 4.61. The molecule has 0 aliphatic rings. The van der Waals surface area contributed by atoms with Crippen molar-refractivity contribution in [2.45, 2.75) is 26.3 Å². The molecule has 14 heavy (non-hydrogen) atoms. The third-order valence-corrected chi connectivity index (χ3v) is 2.16. The van der Waals surface area contributed by atoms with Crippen molar-refractivity contribution in [3.63, 3.8) is 0 Å². The fraction of sp³-hybridized carbons (Fsp3) is 0.364. The minimum Gasteiger partial charge on any atom is -0.408 e. The molecule has 0 N–H and O–H groups in total. The van der Waals surface area contributed by atoms with Gasteiger partial charge in [0.25, 0.3) is 0 Å². The van der Waals surface area contributed by atoms with E-state index in [1.807, 2.05) is 39.0 Å². The number of benzene rings is 1. The van der Waals surface area contributed by atoms with Crippen LogP contribution in [0.25, 0.3) is 11.1 Å². The lowest BCUT2D eigenvalue weighted by molar-refractivity contribution is 0.363. The highest BCUT2D eigenvalue weighted by Gasteiger charge is 2.20. The van der Waals surface area contributed by atoms with Crippen molar-refractivity contribution in [1.29, 1.82) is 0 Å². The smallest absolute Gasteiger partial charge is 0.408 e.